The molecule has 0 bridgehead atoms. The molecule has 0 heterocycles. The van der Waals surface area contributed by atoms with Crippen LogP contribution in [-0.2, 0) is 11.2 Å². The van der Waals surface area contributed by atoms with Crippen molar-refractivity contribution >= 4 is 11.6 Å². The highest BCUT2D eigenvalue weighted by Gasteiger charge is 2.27. The van der Waals surface area contributed by atoms with Crippen LogP contribution in [-0.4, -0.2) is 25.4 Å². The van der Waals surface area contributed by atoms with Crippen molar-refractivity contribution in [2.75, 3.05) is 13.2 Å². The number of hydrogen-bond acceptors (Lipinski definition) is 3. The fourth-order valence-corrected chi connectivity index (χ4v) is 1.64. The summed E-state index contributed by atoms with van der Waals surface area (Å²) in [5.74, 6) is 5.26. The fourth-order valence-electron chi connectivity index (χ4n) is 1.43. The van der Waals surface area contributed by atoms with Gasteiger partial charge in [-0.25, -0.2) is 0 Å². The standard InChI is InChI=1S/C11H14ClF3N2O/c12-9-3-1-2-8(4-9)5-10(17-16)6-18-7-11(13,14)15/h1-4,10,17H,5-7,16H2. The molecular weight excluding hydrogens is 269 g/mol. The van der Waals surface area contributed by atoms with Crippen LogP contribution in [0.2, 0.25) is 5.02 Å². The van der Waals surface area contributed by atoms with Crippen molar-refractivity contribution in [1.82, 2.24) is 5.43 Å². The van der Waals surface area contributed by atoms with Crippen LogP contribution in [0.1, 0.15) is 5.56 Å². The van der Waals surface area contributed by atoms with E-state index in [9.17, 15) is 13.2 Å². The highest BCUT2D eigenvalue weighted by molar-refractivity contribution is 6.30. The summed E-state index contributed by atoms with van der Waals surface area (Å²) in [7, 11) is 0. The average molecular weight is 283 g/mol. The topological polar surface area (TPSA) is 47.3 Å². The predicted octanol–water partition coefficient (Wildman–Crippen LogP) is 2.29. The minimum atomic E-state index is -4.32. The Balaban J connectivity index is 2.42. The first-order valence-corrected chi connectivity index (χ1v) is 5.63. The molecule has 3 N–H and O–H groups in total. The summed E-state index contributed by atoms with van der Waals surface area (Å²) < 4.78 is 40.2. The van der Waals surface area contributed by atoms with Crippen LogP contribution in [0, 0.1) is 0 Å². The van der Waals surface area contributed by atoms with Crippen LogP contribution in [0.15, 0.2) is 24.3 Å². The van der Waals surface area contributed by atoms with E-state index >= 15 is 0 Å². The Bertz CT molecular complexity index is 374. The van der Waals surface area contributed by atoms with Gasteiger partial charge < -0.3 is 4.74 Å². The van der Waals surface area contributed by atoms with Crippen LogP contribution in [0.3, 0.4) is 0 Å². The molecule has 0 spiro atoms. The molecule has 0 aliphatic heterocycles. The van der Waals surface area contributed by atoms with Crippen LogP contribution in [0.5, 0.6) is 0 Å². The van der Waals surface area contributed by atoms with Gasteiger partial charge in [0.25, 0.3) is 0 Å². The van der Waals surface area contributed by atoms with Crippen LogP contribution in [0.4, 0.5) is 13.2 Å². The molecule has 0 saturated heterocycles. The summed E-state index contributed by atoms with van der Waals surface area (Å²) >= 11 is 5.80. The Hall–Kier alpha value is -0.820. The molecule has 0 aliphatic carbocycles. The third kappa shape index (κ3) is 6.20. The molecule has 0 fully saturated rings. The zero-order valence-corrected chi connectivity index (χ0v) is 10.3. The zero-order valence-electron chi connectivity index (χ0n) is 9.51. The highest BCUT2D eigenvalue weighted by atomic mass is 35.5. The third-order valence-corrected chi connectivity index (χ3v) is 2.43. The Labute approximate surface area is 108 Å². The fraction of sp³-hybridized carbons (Fsp3) is 0.455. The van der Waals surface area contributed by atoms with Crippen molar-refractivity contribution in [3.63, 3.8) is 0 Å². The van der Waals surface area contributed by atoms with E-state index in [0.29, 0.717) is 11.4 Å². The summed E-state index contributed by atoms with van der Waals surface area (Å²) in [6.45, 7) is -1.40. The highest BCUT2D eigenvalue weighted by Crippen LogP contribution is 2.15. The van der Waals surface area contributed by atoms with Crippen molar-refractivity contribution in [3.8, 4) is 0 Å². The number of nitrogens with one attached hydrogen (secondary N) is 1. The lowest BCUT2D eigenvalue weighted by Gasteiger charge is -2.17. The SMILES string of the molecule is NNC(COCC(F)(F)F)Cc1cccc(Cl)c1. The molecule has 1 aromatic rings. The smallest absolute Gasteiger partial charge is 0.370 e. The number of rotatable bonds is 6. The van der Waals surface area contributed by atoms with E-state index in [0.717, 1.165) is 5.56 Å². The van der Waals surface area contributed by atoms with Crippen molar-refractivity contribution < 1.29 is 17.9 Å². The monoisotopic (exact) mass is 282 g/mol. The first kappa shape index (κ1) is 15.2. The second-order valence-electron chi connectivity index (χ2n) is 3.83. The van der Waals surface area contributed by atoms with E-state index in [1.165, 1.54) is 0 Å². The largest absolute Gasteiger partial charge is 0.411 e. The lowest BCUT2D eigenvalue weighted by molar-refractivity contribution is -0.175. The van der Waals surface area contributed by atoms with Gasteiger partial charge in [-0.2, -0.15) is 13.2 Å². The molecule has 0 amide bonds. The number of halogens is 4. The Morgan fingerprint density at radius 3 is 2.67 bits per heavy atom. The molecule has 0 radical (unpaired) electrons. The molecule has 18 heavy (non-hydrogen) atoms. The molecule has 0 saturated carbocycles. The molecule has 7 heteroatoms. The third-order valence-electron chi connectivity index (χ3n) is 2.19. The molecule has 3 nitrogen and oxygen atoms in total. The predicted molar refractivity (Wildman–Crippen MR) is 63.1 cm³/mol. The van der Waals surface area contributed by atoms with Gasteiger partial charge in [-0.05, 0) is 24.1 Å². The van der Waals surface area contributed by atoms with Gasteiger partial charge in [0.15, 0.2) is 0 Å². The summed E-state index contributed by atoms with van der Waals surface area (Å²) in [4.78, 5) is 0. The van der Waals surface area contributed by atoms with Gasteiger partial charge in [-0.1, -0.05) is 23.7 Å². The number of benzene rings is 1. The Morgan fingerprint density at radius 2 is 2.11 bits per heavy atom. The second kappa shape index (κ2) is 6.94. The van der Waals surface area contributed by atoms with E-state index in [-0.39, 0.29) is 6.61 Å². The van der Waals surface area contributed by atoms with Crippen molar-refractivity contribution in [3.05, 3.63) is 34.9 Å². The van der Waals surface area contributed by atoms with Crippen molar-refractivity contribution in [2.45, 2.75) is 18.6 Å². The van der Waals surface area contributed by atoms with Gasteiger partial charge >= 0.3 is 6.18 Å². The number of nitrogens with two attached hydrogens (primary N) is 1. The first-order valence-electron chi connectivity index (χ1n) is 5.26. The molecule has 1 unspecified atom stereocenters. The van der Waals surface area contributed by atoms with E-state index in [4.69, 9.17) is 17.4 Å². The van der Waals surface area contributed by atoms with Crippen molar-refractivity contribution in [1.29, 1.82) is 0 Å². The van der Waals surface area contributed by atoms with E-state index in [1.54, 1.807) is 18.2 Å². The van der Waals surface area contributed by atoms with Gasteiger partial charge in [-0.3, -0.25) is 11.3 Å². The quantitative estimate of drug-likeness (QED) is 0.622. The number of hydrogen-bond donors (Lipinski definition) is 2. The maximum absolute atomic E-state index is 11.9. The molecule has 1 aromatic carbocycles. The Kier molecular flexibility index (Phi) is 5.87. The van der Waals surface area contributed by atoms with Gasteiger partial charge in [0.2, 0.25) is 0 Å². The van der Waals surface area contributed by atoms with Gasteiger partial charge in [0, 0.05) is 11.1 Å². The summed E-state index contributed by atoms with van der Waals surface area (Å²) in [5, 5.41) is 0.569. The Morgan fingerprint density at radius 1 is 1.39 bits per heavy atom. The lowest BCUT2D eigenvalue weighted by Crippen LogP contribution is -2.41. The summed E-state index contributed by atoms with van der Waals surface area (Å²) in [5.41, 5.74) is 3.30. The summed E-state index contributed by atoms with van der Waals surface area (Å²) in [6, 6.07) is 6.64. The normalized spacial score (nSPS) is 13.6. The number of ether oxygens (including phenoxy) is 1. The van der Waals surface area contributed by atoms with Gasteiger partial charge in [0.1, 0.15) is 6.61 Å². The molecule has 0 aliphatic rings. The van der Waals surface area contributed by atoms with E-state index in [1.807, 2.05) is 6.07 Å². The van der Waals surface area contributed by atoms with E-state index in [2.05, 4.69) is 10.2 Å². The molecular formula is C11H14ClF3N2O. The second-order valence-corrected chi connectivity index (χ2v) is 4.26. The first-order chi connectivity index (χ1) is 8.40. The van der Waals surface area contributed by atoms with Crippen LogP contribution >= 0.6 is 11.6 Å². The molecule has 1 rings (SSSR count). The molecule has 102 valence electrons. The molecule has 0 aromatic heterocycles. The summed E-state index contributed by atoms with van der Waals surface area (Å²) in [6.07, 6.45) is -3.88. The van der Waals surface area contributed by atoms with E-state index < -0.39 is 18.8 Å². The minimum Gasteiger partial charge on any atom is -0.370 e. The number of alkyl halides is 3. The van der Waals surface area contributed by atoms with Gasteiger partial charge in [-0.15, -0.1) is 0 Å². The zero-order chi connectivity index (χ0) is 13.6. The van der Waals surface area contributed by atoms with Gasteiger partial charge in [0.05, 0.1) is 6.61 Å². The number of hydrazine groups is 1. The molecule has 1 atom stereocenters. The lowest BCUT2D eigenvalue weighted by atomic mass is 10.1. The average Bonchev–Trinajstić information content (AvgIpc) is 2.26. The van der Waals surface area contributed by atoms with Crippen molar-refractivity contribution in [2.24, 2.45) is 5.84 Å². The van der Waals surface area contributed by atoms with Crippen LogP contribution < -0.4 is 11.3 Å². The maximum atomic E-state index is 11.9. The van der Waals surface area contributed by atoms with Crippen LogP contribution in [0.25, 0.3) is 0 Å². The maximum Gasteiger partial charge on any atom is 0.411 e. The minimum absolute atomic E-state index is 0.122.